The van der Waals surface area contributed by atoms with Gasteiger partial charge in [-0.15, -0.1) is 0 Å². The van der Waals surface area contributed by atoms with Crippen molar-refractivity contribution in [1.29, 1.82) is 0 Å². The molecule has 1 N–H and O–H groups in total. The standard InChI is InChI=1S/C17H18ClNO3S/c1-22-17(10-13-4-2-3-5-14(13)11-17)12-19-23(20,21)16-8-6-15(18)7-9-16/h2-9,19H,10-12H2,1H3. The molecule has 0 spiro atoms. The Hall–Kier alpha value is -1.40. The van der Waals surface area contributed by atoms with Gasteiger partial charge in [0, 0.05) is 31.5 Å². The number of benzene rings is 2. The van der Waals surface area contributed by atoms with Gasteiger partial charge >= 0.3 is 0 Å². The highest BCUT2D eigenvalue weighted by atomic mass is 35.5. The number of hydrogen-bond donors (Lipinski definition) is 1. The molecule has 0 fully saturated rings. The molecule has 6 heteroatoms. The molecule has 4 nitrogen and oxygen atoms in total. The van der Waals surface area contributed by atoms with E-state index in [9.17, 15) is 8.42 Å². The van der Waals surface area contributed by atoms with Crippen molar-refractivity contribution in [1.82, 2.24) is 4.72 Å². The summed E-state index contributed by atoms with van der Waals surface area (Å²) in [6.07, 6.45) is 1.39. The summed E-state index contributed by atoms with van der Waals surface area (Å²) >= 11 is 5.80. The predicted octanol–water partition coefficient (Wildman–Crippen LogP) is 2.80. The van der Waals surface area contributed by atoms with Gasteiger partial charge in [0.25, 0.3) is 0 Å². The van der Waals surface area contributed by atoms with Crippen LogP contribution in [0, 0.1) is 0 Å². The molecule has 3 rings (SSSR count). The van der Waals surface area contributed by atoms with Crippen molar-refractivity contribution in [3.8, 4) is 0 Å². The number of sulfonamides is 1. The van der Waals surface area contributed by atoms with Crippen molar-refractivity contribution < 1.29 is 13.2 Å². The number of fused-ring (bicyclic) bond motifs is 1. The van der Waals surface area contributed by atoms with E-state index in [1.54, 1.807) is 19.2 Å². The third kappa shape index (κ3) is 3.43. The van der Waals surface area contributed by atoms with Crippen molar-refractivity contribution in [3.63, 3.8) is 0 Å². The summed E-state index contributed by atoms with van der Waals surface area (Å²) in [5.74, 6) is 0. The molecule has 0 bridgehead atoms. The first-order chi connectivity index (χ1) is 10.9. The Kier molecular flexibility index (Phi) is 4.47. The number of methoxy groups -OCH3 is 1. The second-order valence-electron chi connectivity index (χ2n) is 5.79. The van der Waals surface area contributed by atoms with Crippen molar-refractivity contribution in [2.45, 2.75) is 23.3 Å². The molecule has 0 heterocycles. The molecule has 122 valence electrons. The van der Waals surface area contributed by atoms with Gasteiger partial charge in [0.05, 0.1) is 10.5 Å². The molecule has 0 saturated carbocycles. The molecule has 2 aromatic rings. The highest BCUT2D eigenvalue weighted by molar-refractivity contribution is 7.89. The van der Waals surface area contributed by atoms with Gasteiger partial charge in [-0.25, -0.2) is 13.1 Å². The number of nitrogens with one attached hydrogen (secondary N) is 1. The Morgan fingerprint density at radius 3 is 2.17 bits per heavy atom. The van der Waals surface area contributed by atoms with E-state index in [0.29, 0.717) is 17.9 Å². The van der Waals surface area contributed by atoms with Crippen LogP contribution < -0.4 is 4.72 Å². The van der Waals surface area contributed by atoms with Gasteiger partial charge in [-0.2, -0.15) is 0 Å². The minimum atomic E-state index is -3.59. The summed E-state index contributed by atoms with van der Waals surface area (Å²) in [6.45, 7) is 0.225. The quantitative estimate of drug-likeness (QED) is 0.901. The Bertz CT molecular complexity index is 778. The van der Waals surface area contributed by atoms with E-state index in [1.165, 1.54) is 23.3 Å². The minimum absolute atomic E-state index is 0.198. The maximum atomic E-state index is 12.4. The van der Waals surface area contributed by atoms with Gasteiger partial charge in [-0.3, -0.25) is 0 Å². The van der Waals surface area contributed by atoms with E-state index in [-0.39, 0.29) is 11.4 Å². The van der Waals surface area contributed by atoms with E-state index < -0.39 is 15.6 Å². The summed E-state index contributed by atoms with van der Waals surface area (Å²) in [5.41, 5.74) is 1.88. The average Bonchev–Trinajstić information content (AvgIpc) is 2.93. The lowest BCUT2D eigenvalue weighted by molar-refractivity contribution is 0.00378. The monoisotopic (exact) mass is 351 g/mol. The van der Waals surface area contributed by atoms with Crippen LogP contribution in [0.3, 0.4) is 0 Å². The Morgan fingerprint density at radius 2 is 1.65 bits per heavy atom. The third-order valence-corrected chi connectivity index (χ3v) is 5.95. The summed E-state index contributed by atoms with van der Waals surface area (Å²) in [7, 11) is -1.96. The summed E-state index contributed by atoms with van der Waals surface area (Å²) in [6, 6.07) is 14.2. The lowest BCUT2D eigenvalue weighted by atomic mass is 10.0. The summed E-state index contributed by atoms with van der Waals surface area (Å²) in [5, 5.41) is 0.503. The molecule has 0 unspecified atom stereocenters. The maximum Gasteiger partial charge on any atom is 0.240 e. The van der Waals surface area contributed by atoms with E-state index >= 15 is 0 Å². The Labute approximate surface area is 141 Å². The van der Waals surface area contributed by atoms with E-state index in [4.69, 9.17) is 16.3 Å². The van der Waals surface area contributed by atoms with Crippen LogP contribution in [0.25, 0.3) is 0 Å². The van der Waals surface area contributed by atoms with Crippen LogP contribution in [0.1, 0.15) is 11.1 Å². The van der Waals surface area contributed by atoms with Gasteiger partial charge < -0.3 is 4.74 Å². The first-order valence-electron chi connectivity index (χ1n) is 7.31. The fraction of sp³-hybridized carbons (Fsp3) is 0.294. The number of hydrogen-bond acceptors (Lipinski definition) is 3. The SMILES string of the molecule is COC1(CNS(=O)(=O)c2ccc(Cl)cc2)Cc2ccccc2C1. The molecule has 0 amide bonds. The molecular formula is C17H18ClNO3S. The highest BCUT2D eigenvalue weighted by Crippen LogP contribution is 2.32. The highest BCUT2D eigenvalue weighted by Gasteiger charge is 2.38. The van der Waals surface area contributed by atoms with Gasteiger partial charge in [-0.1, -0.05) is 35.9 Å². The van der Waals surface area contributed by atoms with Crippen LogP contribution in [0.2, 0.25) is 5.02 Å². The Morgan fingerprint density at radius 1 is 1.09 bits per heavy atom. The lowest BCUT2D eigenvalue weighted by Crippen LogP contribution is -2.45. The second-order valence-corrected chi connectivity index (χ2v) is 7.99. The van der Waals surface area contributed by atoms with Crippen LogP contribution >= 0.6 is 11.6 Å². The normalized spacial score (nSPS) is 16.3. The molecule has 0 radical (unpaired) electrons. The number of rotatable bonds is 5. The third-order valence-electron chi connectivity index (χ3n) is 4.28. The smallest absolute Gasteiger partial charge is 0.240 e. The molecule has 0 aromatic heterocycles. The van der Waals surface area contributed by atoms with Crippen LogP contribution in [-0.2, 0) is 27.6 Å². The van der Waals surface area contributed by atoms with Crippen molar-refractivity contribution in [3.05, 3.63) is 64.7 Å². The largest absolute Gasteiger partial charge is 0.376 e. The Balaban J connectivity index is 1.75. The number of halogens is 1. The summed E-state index contributed by atoms with van der Waals surface area (Å²) in [4.78, 5) is 0.198. The number of ether oxygens (including phenoxy) is 1. The molecule has 0 atom stereocenters. The van der Waals surface area contributed by atoms with Crippen LogP contribution in [0.4, 0.5) is 0 Å². The van der Waals surface area contributed by atoms with Gasteiger partial charge in [0.15, 0.2) is 0 Å². The molecule has 0 saturated heterocycles. The van der Waals surface area contributed by atoms with Crippen LogP contribution in [0.5, 0.6) is 0 Å². The maximum absolute atomic E-state index is 12.4. The van der Waals surface area contributed by atoms with Crippen LogP contribution in [0.15, 0.2) is 53.4 Å². The zero-order valence-corrected chi connectivity index (χ0v) is 14.3. The molecule has 1 aliphatic rings. The first kappa shape index (κ1) is 16.5. The molecule has 1 aliphatic carbocycles. The molecule has 2 aromatic carbocycles. The topological polar surface area (TPSA) is 55.4 Å². The van der Waals surface area contributed by atoms with Crippen molar-refractivity contribution in [2.24, 2.45) is 0 Å². The second kappa shape index (κ2) is 6.24. The van der Waals surface area contributed by atoms with Gasteiger partial charge in [0.1, 0.15) is 0 Å². The van der Waals surface area contributed by atoms with E-state index in [1.807, 2.05) is 12.1 Å². The lowest BCUT2D eigenvalue weighted by Gasteiger charge is -2.27. The minimum Gasteiger partial charge on any atom is -0.376 e. The molecular weight excluding hydrogens is 334 g/mol. The fourth-order valence-corrected chi connectivity index (χ4v) is 4.16. The van der Waals surface area contributed by atoms with Crippen LogP contribution in [-0.4, -0.2) is 27.7 Å². The average molecular weight is 352 g/mol. The van der Waals surface area contributed by atoms with Crippen molar-refractivity contribution in [2.75, 3.05) is 13.7 Å². The first-order valence-corrected chi connectivity index (χ1v) is 9.17. The molecule has 23 heavy (non-hydrogen) atoms. The van der Waals surface area contributed by atoms with Crippen molar-refractivity contribution >= 4 is 21.6 Å². The predicted molar refractivity (Wildman–Crippen MR) is 90.2 cm³/mol. The van der Waals surface area contributed by atoms with E-state index in [2.05, 4.69) is 16.9 Å². The zero-order chi connectivity index (χ0) is 16.5. The zero-order valence-electron chi connectivity index (χ0n) is 12.8. The van der Waals surface area contributed by atoms with Gasteiger partial charge in [-0.05, 0) is 35.4 Å². The van der Waals surface area contributed by atoms with Gasteiger partial charge in [0.2, 0.25) is 10.0 Å². The summed E-state index contributed by atoms with van der Waals surface area (Å²) < 4.78 is 33.2. The van der Waals surface area contributed by atoms with E-state index in [0.717, 1.165) is 0 Å². The fourth-order valence-electron chi connectivity index (χ4n) is 2.92. The molecule has 0 aliphatic heterocycles.